The number of aromatic nitrogens is 2. The van der Waals surface area contributed by atoms with E-state index in [1.165, 1.54) is 0 Å². The van der Waals surface area contributed by atoms with E-state index in [4.69, 9.17) is 0 Å². The molecule has 0 aromatic carbocycles. The predicted octanol–water partition coefficient (Wildman–Crippen LogP) is 3.13. The largest absolute Gasteiger partial charge is 0.309 e. The van der Waals surface area contributed by atoms with Crippen LogP contribution >= 0.6 is 0 Å². The highest BCUT2D eigenvalue weighted by atomic mass is 15.3. The van der Waals surface area contributed by atoms with Crippen LogP contribution in [0.25, 0.3) is 0 Å². The molecule has 3 heteroatoms. The van der Waals surface area contributed by atoms with Crippen molar-refractivity contribution in [3.8, 4) is 0 Å². The van der Waals surface area contributed by atoms with Gasteiger partial charge in [0.15, 0.2) is 0 Å². The Hall–Kier alpha value is -0.830. The first kappa shape index (κ1) is 13.2. The third-order valence-electron chi connectivity index (χ3n) is 3.22. The second kappa shape index (κ2) is 6.69. The minimum atomic E-state index is 0.553. The van der Waals surface area contributed by atoms with Crippen molar-refractivity contribution in [2.75, 3.05) is 0 Å². The van der Waals surface area contributed by atoms with Crippen molar-refractivity contribution < 1.29 is 0 Å². The van der Waals surface area contributed by atoms with Gasteiger partial charge < -0.3 is 5.32 Å². The van der Waals surface area contributed by atoms with Crippen LogP contribution in [0.2, 0.25) is 0 Å². The minimum absolute atomic E-state index is 0.553. The molecule has 0 saturated heterocycles. The maximum absolute atomic E-state index is 4.61. The lowest BCUT2D eigenvalue weighted by Gasteiger charge is -2.13. The van der Waals surface area contributed by atoms with Gasteiger partial charge in [-0.3, -0.25) is 4.68 Å². The van der Waals surface area contributed by atoms with Crippen molar-refractivity contribution in [1.82, 2.24) is 15.1 Å². The molecule has 16 heavy (non-hydrogen) atoms. The molecule has 1 heterocycles. The first-order valence-corrected chi connectivity index (χ1v) is 6.48. The molecule has 0 saturated carbocycles. The molecular formula is C13H25N3. The Labute approximate surface area is 99.2 Å². The van der Waals surface area contributed by atoms with E-state index in [2.05, 4.69) is 55.1 Å². The van der Waals surface area contributed by atoms with Crippen LogP contribution in [0.4, 0.5) is 0 Å². The average Bonchev–Trinajstić information content (AvgIpc) is 2.76. The van der Waals surface area contributed by atoms with E-state index in [-0.39, 0.29) is 0 Å². The first-order valence-electron chi connectivity index (χ1n) is 6.48. The summed E-state index contributed by atoms with van der Waals surface area (Å²) < 4.78 is 2.10. The number of hydrogen-bond acceptors (Lipinski definition) is 2. The zero-order chi connectivity index (χ0) is 12.0. The Morgan fingerprint density at radius 2 is 1.94 bits per heavy atom. The van der Waals surface area contributed by atoms with Gasteiger partial charge in [0.1, 0.15) is 0 Å². The van der Waals surface area contributed by atoms with Gasteiger partial charge in [-0.05, 0) is 32.3 Å². The molecule has 3 nitrogen and oxygen atoms in total. The molecule has 1 N–H and O–H groups in total. The summed E-state index contributed by atoms with van der Waals surface area (Å²) in [6.45, 7) is 9.71. The molecule has 0 spiro atoms. The van der Waals surface area contributed by atoms with Crippen molar-refractivity contribution in [2.45, 2.75) is 65.6 Å². The van der Waals surface area contributed by atoms with Crippen LogP contribution in [0.3, 0.4) is 0 Å². The fourth-order valence-corrected chi connectivity index (χ4v) is 1.76. The summed E-state index contributed by atoms with van der Waals surface area (Å²) in [6, 6.07) is 3.24. The van der Waals surface area contributed by atoms with Crippen LogP contribution in [0.1, 0.15) is 58.7 Å². The zero-order valence-electron chi connectivity index (χ0n) is 11.0. The molecule has 1 aromatic heterocycles. The van der Waals surface area contributed by atoms with Gasteiger partial charge in [0.2, 0.25) is 0 Å². The first-order chi connectivity index (χ1) is 7.71. The Morgan fingerprint density at radius 1 is 1.25 bits per heavy atom. The van der Waals surface area contributed by atoms with Crippen molar-refractivity contribution >= 4 is 0 Å². The van der Waals surface area contributed by atoms with Crippen LogP contribution in [0.5, 0.6) is 0 Å². The maximum Gasteiger partial charge on any atom is 0.0762 e. The van der Waals surface area contributed by atoms with Crippen LogP contribution in [0, 0.1) is 0 Å². The van der Waals surface area contributed by atoms with Crippen molar-refractivity contribution in [1.29, 1.82) is 0 Å². The van der Waals surface area contributed by atoms with Gasteiger partial charge in [-0.2, -0.15) is 5.10 Å². The van der Waals surface area contributed by atoms with Crippen molar-refractivity contribution in [2.24, 2.45) is 0 Å². The van der Waals surface area contributed by atoms with Crippen LogP contribution in [0.15, 0.2) is 12.3 Å². The topological polar surface area (TPSA) is 29.9 Å². The third kappa shape index (κ3) is 3.63. The van der Waals surface area contributed by atoms with E-state index in [1.54, 1.807) is 0 Å². The highest BCUT2D eigenvalue weighted by molar-refractivity contribution is 4.99. The Balaban J connectivity index is 2.51. The lowest BCUT2D eigenvalue weighted by molar-refractivity contribution is 0.422. The SMILES string of the molecule is CCC(C)NCc1ccn(C(CC)CC)n1. The number of nitrogens with one attached hydrogen (secondary N) is 1. The predicted molar refractivity (Wildman–Crippen MR) is 68.4 cm³/mol. The fourth-order valence-electron chi connectivity index (χ4n) is 1.76. The minimum Gasteiger partial charge on any atom is -0.309 e. The average molecular weight is 223 g/mol. The molecule has 1 atom stereocenters. The summed E-state index contributed by atoms with van der Waals surface area (Å²) in [6.07, 6.45) is 5.56. The number of hydrogen-bond donors (Lipinski definition) is 1. The van der Waals surface area contributed by atoms with Gasteiger partial charge in [0, 0.05) is 18.8 Å². The summed E-state index contributed by atoms with van der Waals surface area (Å²) in [5.41, 5.74) is 1.15. The Kier molecular flexibility index (Phi) is 5.53. The molecule has 0 aliphatic rings. The molecule has 92 valence electrons. The van der Waals surface area contributed by atoms with Gasteiger partial charge in [0.05, 0.1) is 11.7 Å². The Bertz CT molecular complexity index is 289. The van der Waals surface area contributed by atoms with Gasteiger partial charge in [-0.1, -0.05) is 20.8 Å². The zero-order valence-corrected chi connectivity index (χ0v) is 11.0. The molecule has 1 rings (SSSR count). The van der Waals surface area contributed by atoms with E-state index in [0.29, 0.717) is 12.1 Å². The summed E-state index contributed by atoms with van der Waals surface area (Å²) in [5.74, 6) is 0. The van der Waals surface area contributed by atoms with Crippen LogP contribution in [-0.4, -0.2) is 15.8 Å². The summed E-state index contributed by atoms with van der Waals surface area (Å²) in [7, 11) is 0. The van der Waals surface area contributed by atoms with E-state index < -0.39 is 0 Å². The molecule has 0 aliphatic heterocycles. The summed E-state index contributed by atoms with van der Waals surface area (Å²) in [5, 5.41) is 8.07. The highest BCUT2D eigenvalue weighted by Gasteiger charge is 2.08. The molecule has 0 aliphatic carbocycles. The van der Waals surface area contributed by atoms with Crippen molar-refractivity contribution in [3.63, 3.8) is 0 Å². The van der Waals surface area contributed by atoms with Gasteiger partial charge in [0.25, 0.3) is 0 Å². The number of nitrogens with zero attached hydrogens (tertiary/aromatic N) is 2. The monoisotopic (exact) mass is 223 g/mol. The van der Waals surface area contributed by atoms with Gasteiger partial charge in [-0.15, -0.1) is 0 Å². The van der Waals surface area contributed by atoms with Crippen LogP contribution in [-0.2, 0) is 6.54 Å². The lowest BCUT2D eigenvalue weighted by Crippen LogP contribution is -2.24. The molecule has 1 aromatic rings. The van der Waals surface area contributed by atoms with Gasteiger partial charge >= 0.3 is 0 Å². The van der Waals surface area contributed by atoms with Crippen LogP contribution < -0.4 is 5.32 Å². The normalized spacial score (nSPS) is 13.3. The molecular weight excluding hydrogens is 198 g/mol. The quantitative estimate of drug-likeness (QED) is 0.769. The second-order valence-corrected chi connectivity index (χ2v) is 4.45. The molecule has 0 radical (unpaired) electrons. The number of rotatable bonds is 7. The van der Waals surface area contributed by atoms with E-state index in [0.717, 1.165) is 31.5 Å². The second-order valence-electron chi connectivity index (χ2n) is 4.45. The third-order valence-corrected chi connectivity index (χ3v) is 3.22. The highest BCUT2D eigenvalue weighted by Crippen LogP contribution is 2.14. The van der Waals surface area contributed by atoms with E-state index in [9.17, 15) is 0 Å². The molecule has 0 bridgehead atoms. The maximum atomic E-state index is 4.61. The van der Waals surface area contributed by atoms with E-state index in [1.807, 2.05) is 0 Å². The lowest BCUT2D eigenvalue weighted by atomic mass is 10.2. The molecule has 0 amide bonds. The Morgan fingerprint density at radius 3 is 2.50 bits per heavy atom. The standard InChI is InChI=1S/C13H25N3/c1-5-11(4)14-10-12-8-9-16(15-12)13(6-2)7-3/h8-9,11,13-14H,5-7,10H2,1-4H3. The summed E-state index contributed by atoms with van der Waals surface area (Å²) in [4.78, 5) is 0. The molecule has 1 unspecified atom stereocenters. The fraction of sp³-hybridized carbons (Fsp3) is 0.769. The van der Waals surface area contributed by atoms with E-state index >= 15 is 0 Å². The van der Waals surface area contributed by atoms with Crippen molar-refractivity contribution in [3.05, 3.63) is 18.0 Å². The smallest absolute Gasteiger partial charge is 0.0762 e. The van der Waals surface area contributed by atoms with Gasteiger partial charge in [-0.25, -0.2) is 0 Å². The summed E-state index contributed by atoms with van der Waals surface area (Å²) >= 11 is 0. The molecule has 0 fully saturated rings.